The highest BCUT2D eigenvalue weighted by Gasteiger charge is 2.32. The van der Waals surface area contributed by atoms with E-state index in [0.717, 1.165) is 11.4 Å². The molecule has 3 rings (SSSR count). The molecule has 1 aromatic heterocycles. The Morgan fingerprint density at radius 1 is 1.33 bits per heavy atom. The third kappa shape index (κ3) is 3.10. The van der Waals surface area contributed by atoms with Crippen LogP contribution in [-0.2, 0) is 22.7 Å². The van der Waals surface area contributed by atoms with Gasteiger partial charge in [-0.25, -0.2) is 4.98 Å². The molecule has 1 aliphatic rings. The molecule has 1 unspecified atom stereocenters. The summed E-state index contributed by atoms with van der Waals surface area (Å²) in [6.07, 6.45) is 3.39. The van der Waals surface area contributed by atoms with Gasteiger partial charge in [0.05, 0.1) is 26.1 Å². The van der Waals surface area contributed by atoms with Gasteiger partial charge in [0.1, 0.15) is 11.6 Å². The molecule has 0 aliphatic carbocycles. The Morgan fingerprint density at radius 3 is 2.88 bits per heavy atom. The highest BCUT2D eigenvalue weighted by atomic mass is 16.5. The molecule has 1 N–H and O–H groups in total. The molecule has 7 nitrogen and oxygen atoms in total. The summed E-state index contributed by atoms with van der Waals surface area (Å²) in [6.45, 7) is 0.919. The molecule has 2 heterocycles. The van der Waals surface area contributed by atoms with Crippen molar-refractivity contribution < 1.29 is 19.4 Å². The lowest BCUT2D eigenvalue weighted by Crippen LogP contribution is -2.41. The van der Waals surface area contributed by atoms with Gasteiger partial charge in [0, 0.05) is 30.9 Å². The molecule has 1 aromatic carbocycles. The van der Waals surface area contributed by atoms with Crippen LogP contribution >= 0.6 is 0 Å². The Balaban J connectivity index is 1.94. The Hall–Kier alpha value is -2.83. The lowest BCUT2D eigenvalue weighted by Gasteiger charge is -2.37. The second kappa shape index (κ2) is 6.74. The van der Waals surface area contributed by atoms with Crippen LogP contribution in [0.15, 0.2) is 36.7 Å². The minimum atomic E-state index is -0.976. The Kier molecular flexibility index (Phi) is 4.50. The monoisotopic (exact) mass is 329 g/mol. The minimum Gasteiger partial charge on any atom is -0.496 e. The van der Waals surface area contributed by atoms with E-state index in [9.17, 15) is 9.59 Å². The first-order chi connectivity index (χ1) is 11.6. The first kappa shape index (κ1) is 16.0. The van der Waals surface area contributed by atoms with Gasteiger partial charge < -0.3 is 19.3 Å². The molecule has 2 aromatic rings. The molecule has 7 heteroatoms. The van der Waals surface area contributed by atoms with Crippen molar-refractivity contribution >= 4 is 11.9 Å². The van der Waals surface area contributed by atoms with Gasteiger partial charge in [0.25, 0.3) is 0 Å². The van der Waals surface area contributed by atoms with Crippen LogP contribution in [0.3, 0.4) is 0 Å². The second-order valence-corrected chi connectivity index (χ2v) is 5.67. The van der Waals surface area contributed by atoms with Crippen LogP contribution in [0.1, 0.15) is 30.3 Å². The summed E-state index contributed by atoms with van der Waals surface area (Å²) >= 11 is 0. The number of rotatable bonds is 5. The standard InChI is InChI=1S/C17H19N3O4/c1-24-14-5-3-2-4-12(14)13-10-19-9-8-18-15(19)11-20(13)16(21)6-7-17(22)23/h2-5,8-9,13H,6-7,10-11H2,1H3,(H,22,23). The van der Waals surface area contributed by atoms with E-state index in [1.165, 1.54) is 0 Å². The van der Waals surface area contributed by atoms with Crippen LogP contribution in [0.4, 0.5) is 0 Å². The lowest BCUT2D eigenvalue weighted by molar-refractivity contribution is -0.142. The van der Waals surface area contributed by atoms with E-state index in [2.05, 4.69) is 4.98 Å². The number of hydrogen-bond donors (Lipinski definition) is 1. The van der Waals surface area contributed by atoms with Crippen molar-refractivity contribution in [2.24, 2.45) is 0 Å². The summed E-state index contributed by atoms with van der Waals surface area (Å²) in [5.74, 6) is 0.338. The van der Waals surface area contributed by atoms with Crippen molar-refractivity contribution in [3.8, 4) is 5.75 Å². The minimum absolute atomic E-state index is 0.0261. The summed E-state index contributed by atoms with van der Waals surface area (Å²) in [6, 6.07) is 7.36. The summed E-state index contributed by atoms with van der Waals surface area (Å²) in [7, 11) is 1.60. The SMILES string of the molecule is COc1ccccc1C1Cn2ccnc2CN1C(=O)CCC(=O)O. The third-order valence-electron chi connectivity index (χ3n) is 4.23. The Bertz CT molecular complexity index is 756. The van der Waals surface area contributed by atoms with Crippen molar-refractivity contribution in [1.82, 2.24) is 14.5 Å². The predicted molar refractivity (Wildman–Crippen MR) is 85.4 cm³/mol. The number of carbonyl (C=O) groups is 2. The number of hydrogen-bond acceptors (Lipinski definition) is 4. The van der Waals surface area contributed by atoms with Gasteiger partial charge in [0.15, 0.2) is 0 Å². The van der Waals surface area contributed by atoms with E-state index in [0.29, 0.717) is 18.8 Å². The number of benzene rings is 1. The number of carboxylic acids is 1. The number of aromatic nitrogens is 2. The fourth-order valence-corrected chi connectivity index (χ4v) is 3.03. The van der Waals surface area contributed by atoms with Crippen molar-refractivity contribution in [3.63, 3.8) is 0 Å². The van der Waals surface area contributed by atoms with Gasteiger partial charge in [-0.1, -0.05) is 18.2 Å². The molecule has 0 spiro atoms. The zero-order chi connectivity index (χ0) is 17.1. The molecule has 1 amide bonds. The molecule has 1 atom stereocenters. The first-order valence-electron chi connectivity index (χ1n) is 7.74. The van der Waals surface area contributed by atoms with Gasteiger partial charge in [-0.05, 0) is 6.07 Å². The molecule has 0 bridgehead atoms. The fourth-order valence-electron chi connectivity index (χ4n) is 3.03. The zero-order valence-corrected chi connectivity index (χ0v) is 13.4. The average Bonchev–Trinajstić information content (AvgIpc) is 3.05. The third-order valence-corrected chi connectivity index (χ3v) is 4.23. The number of carboxylic acid groups (broad SMARTS) is 1. The number of methoxy groups -OCH3 is 1. The lowest BCUT2D eigenvalue weighted by atomic mass is 10.0. The molecule has 126 valence electrons. The molecule has 0 fully saturated rings. The predicted octanol–water partition coefficient (Wildman–Crippen LogP) is 1.84. The topological polar surface area (TPSA) is 84.7 Å². The van der Waals surface area contributed by atoms with Gasteiger partial charge >= 0.3 is 5.97 Å². The summed E-state index contributed by atoms with van der Waals surface area (Å²) in [4.78, 5) is 29.4. The van der Waals surface area contributed by atoms with Crippen LogP contribution in [0.2, 0.25) is 0 Å². The number of nitrogens with zero attached hydrogens (tertiary/aromatic N) is 3. The number of carbonyl (C=O) groups excluding carboxylic acids is 1. The Morgan fingerprint density at radius 2 is 2.12 bits per heavy atom. The average molecular weight is 329 g/mol. The number of amides is 1. The zero-order valence-electron chi connectivity index (χ0n) is 13.4. The summed E-state index contributed by atoms with van der Waals surface area (Å²) < 4.78 is 7.45. The number of para-hydroxylation sites is 1. The van der Waals surface area contributed by atoms with Gasteiger partial charge in [-0.2, -0.15) is 0 Å². The number of fused-ring (bicyclic) bond motifs is 1. The maximum Gasteiger partial charge on any atom is 0.303 e. The summed E-state index contributed by atoms with van der Waals surface area (Å²) in [5.41, 5.74) is 0.906. The van der Waals surface area contributed by atoms with Crippen LogP contribution in [0, 0.1) is 0 Å². The van der Waals surface area contributed by atoms with Crippen LogP contribution in [0.25, 0.3) is 0 Å². The van der Waals surface area contributed by atoms with Crippen molar-refractivity contribution in [2.75, 3.05) is 7.11 Å². The fraction of sp³-hybridized carbons (Fsp3) is 0.353. The molecule has 0 saturated heterocycles. The van der Waals surface area contributed by atoms with E-state index >= 15 is 0 Å². The quantitative estimate of drug-likeness (QED) is 0.905. The van der Waals surface area contributed by atoms with E-state index < -0.39 is 5.97 Å². The second-order valence-electron chi connectivity index (χ2n) is 5.67. The maximum atomic E-state index is 12.6. The highest BCUT2D eigenvalue weighted by Crippen LogP contribution is 2.34. The number of imidazole rings is 1. The van der Waals surface area contributed by atoms with Gasteiger partial charge in [-0.3, -0.25) is 9.59 Å². The van der Waals surface area contributed by atoms with Gasteiger partial charge in [0.2, 0.25) is 5.91 Å². The molecule has 1 aliphatic heterocycles. The van der Waals surface area contributed by atoms with Crippen molar-refractivity contribution in [1.29, 1.82) is 0 Å². The molecule has 0 radical (unpaired) electrons. The van der Waals surface area contributed by atoms with E-state index in [1.54, 1.807) is 18.2 Å². The van der Waals surface area contributed by atoms with Crippen LogP contribution < -0.4 is 4.74 Å². The van der Waals surface area contributed by atoms with Crippen LogP contribution in [0.5, 0.6) is 5.75 Å². The highest BCUT2D eigenvalue weighted by molar-refractivity contribution is 5.81. The number of ether oxygens (including phenoxy) is 1. The molecular formula is C17H19N3O4. The molecular weight excluding hydrogens is 310 g/mol. The van der Waals surface area contributed by atoms with E-state index in [-0.39, 0.29) is 24.8 Å². The first-order valence-corrected chi connectivity index (χ1v) is 7.74. The van der Waals surface area contributed by atoms with E-state index in [4.69, 9.17) is 9.84 Å². The Labute approximate surface area is 139 Å². The van der Waals surface area contributed by atoms with Crippen LogP contribution in [-0.4, -0.2) is 38.5 Å². The normalized spacial score (nSPS) is 16.5. The van der Waals surface area contributed by atoms with Gasteiger partial charge in [-0.15, -0.1) is 0 Å². The van der Waals surface area contributed by atoms with Crippen molar-refractivity contribution in [2.45, 2.75) is 32.0 Å². The number of aliphatic carboxylic acids is 1. The maximum absolute atomic E-state index is 12.6. The molecule has 0 saturated carbocycles. The molecule has 24 heavy (non-hydrogen) atoms. The van der Waals surface area contributed by atoms with Crippen molar-refractivity contribution in [3.05, 3.63) is 48.0 Å². The van der Waals surface area contributed by atoms with E-state index in [1.807, 2.05) is 35.0 Å². The summed E-state index contributed by atoms with van der Waals surface area (Å²) in [5, 5.41) is 8.84. The largest absolute Gasteiger partial charge is 0.496 e. The smallest absolute Gasteiger partial charge is 0.303 e.